The quantitative estimate of drug-likeness (QED) is 0.770. The molecule has 1 aromatic carbocycles. The zero-order valence-corrected chi connectivity index (χ0v) is 14.4. The maximum atomic E-state index is 14.6. The van der Waals surface area contributed by atoms with E-state index in [-0.39, 0.29) is 18.0 Å². The van der Waals surface area contributed by atoms with Crippen molar-refractivity contribution in [3.8, 4) is 11.4 Å². The molecule has 1 unspecified atom stereocenters. The van der Waals surface area contributed by atoms with E-state index >= 15 is 0 Å². The van der Waals surface area contributed by atoms with Crippen molar-refractivity contribution in [1.29, 1.82) is 0 Å². The van der Waals surface area contributed by atoms with Gasteiger partial charge in [-0.25, -0.2) is 14.0 Å². The number of hydrogen-bond acceptors (Lipinski definition) is 6. The molecule has 1 aliphatic heterocycles. The van der Waals surface area contributed by atoms with Crippen molar-refractivity contribution < 1.29 is 18.7 Å². The average molecular weight is 350 g/mol. The van der Waals surface area contributed by atoms with E-state index in [0.29, 0.717) is 12.0 Å². The van der Waals surface area contributed by atoms with E-state index in [0.717, 1.165) is 9.36 Å². The van der Waals surface area contributed by atoms with Crippen molar-refractivity contribution in [2.75, 3.05) is 6.61 Å². The number of ether oxygens (including phenoxy) is 2. The lowest BCUT2D eigenvalue weighted by atomic mass is 9.86. The molecule has 1 saturated heterocycles. The normalized spacial score (nSPS) is 17.6. The highest BCUT2D eigenvalue weighted by Crippen LogP contribution is 2.33. The number of nitrogens with zero attached hydrogens (tertiary/aromatic N) is 4. The number of halogens is 1. The number of aromatic nitrogens is 4. The number of carbonyl (C=O) groups is 1. The second kappa shape index (κ2) is 5.98. The monoisotopic (exact) mass is 350 g/mol. The second-order valence-corrected chi connectivity index (χ2v) is 6.91. The molecule has 0 aliphatic carbocycles. The van der Waals surface area contributed by atoms with Gasteiger partial charge in [0.25, 0.3) is 0 Å². The summed E-state index contributed by atoms with van der Waals surface area (Å²) in [6, 6.07) is 2.67. The van der Waals surface area contributed by atoms with Crippen LogP contribution in [-0.4, -0.2) is 38.5 Å². The Morgan fingerprint density at radius 2 is 2.00 bits per heavy atom. The van der Waals surface area contributed by atoms with Gasteiger partial charge in [-0.1, -0.05) is 20.8 Å². The summed E-state index contributed by atoms with van der Waals surface area (Å²) in [6.45, 7) is 5.79. The third-order valence-electron chi connectivity index (χ3n) is 3.96. The lowest BCUT2D eigenvalue weighted by Gasteiger charge is -2.22. The Hall–Kier alpha value is -2.71. The summed E-state index contributed by atoms with van der Waals surface area (Å²) in [6.07, 6.45) is -0.484. The molecule has 1 aromatic heterocycles. The molecule has 0 bridgehead atoms. The summed E-state index contributed by atoms with van der Waals surface area (Å²) in [7, 11) is 1.45. The summed E-state index contributed by atoms with van der Waals surface area (Å²) in [5.74, 6) is -0.968. The van der Waals surface area contributed by atoms with Crippen LogP contribution in [0.2, 0.25) is 0 Å². The molecule has 0 radical (unpaired) electrons. The first-order valence-electron chi connectivity index (χ1n) is 7.85. The van der Waals surface area contributed by atoms with Gasteiger partial charge >= 0.3 is 11.7 Å². The SMILES string of the molecule is Cn1nnn(-c2cc(C(C)(C)C)c(F)cc2OC2CCOC2=O)c1=O. The van der Waals surface area contributed by atoms with Gasteiger partial charge in [0.2, 0.25) is 0 Å². The number of aryl methyl sites for hydroxylation is 1. The Labute approximate surface area is 143 Å². The molecule has 2 heterocycles. The van der Waals surface area contributed by atoms with E-state index in [4.69, 9.17) is 9.47 Å². The summed E-state index contributed by atoms with van der Waals surface area (Å²) in [5, 5.41) is 7.46. The lowest BCUT2D eigenvalue weighted by Crippen LogP contribution is -2.26. The van der Waals surface area contributed by atoms with E-state index in [1.807, 2.05) is 20.8 Å². The zero-order chi connectivity index (χ0) is 18.4. The maximum Gasteiger partial charge on any atom is 0.368 e. The van der Waals surface area contributed by atoms with E-state index in [2.05, 4.69) is 10.4 Å². The van der Waals surface area contributed by atoms with Crippen LogP contribution < -0.4 is 10.4 Å². The Bertz CT molecular complexity index is 881. The highest BCUT2D eigenvalue weighted by Gasteiger charge is 2.31. The van der Waals surface area contributed by atoms with Crippen LogP contribution in [-0.2, 0) is 22.0 Å². The van der Waals surface area contributed by atoms with Gasteiger partial charge in [-0.05, 0) is 27.5 Å². The number of tetrazole rings is 1. The van der Waals surface area contributed by atoms with E-state index in [1.165, 1.54) is 19.2 Å². The molecule has 2 aromatic rings. The molecule has 1 atom stereocenters. The summed E-state index contributed by atoms with van der Waals surface area (Å²) < 4.78 is 27.2. The molecule has 8 nitrogen and oxygen atoms in total. The molecule has 1 fully saturated rings. The Kier molecular flexibility index (Phi) is 4.09. The maximum absolute atomic E-state index is 14.6. The van der Waals surface area contributed by atoms with Crippen LogP contribution in [0.5, 0.6) is 5.75 Å². The van der Waals surface area contributed by atoms with Crippen molar-refractivity contribution in [2.45, 2.75) is 38.7 Å². The Morgan fingerprint density at radius 3 is 2.52 bits per heavy atom. The number of carbonyl (C=O) groups excluding carboxylic acids is 1. The van der Waals surface area contributed by atoms with Crippen molar-refractivity contribution in [1.82, 2.24) is 19.8 Å². The largest absolute Gasteiger partial charge is 0.476 e. The first-order chi connectivity index (χ1) is 11.7. The molecular formula is C16H19FN4O4. The predicted molar refractivity (Wildman–Crippen MR) is 85.3 cm³/mol. The molecule has 0 N–H and O–H groups in total. The summed E-state index contributed by atoms with van der Waals surface area (Å²) in [5.41, 5.74) is -0.397. The van der Waals surface area contributed by atoms with Crippen LogP contribution >= 0.6 is 0 Å². The molecular weight excluding hydrogens is 331 g/mol. The highest BCUT2D eigenvalue weighted by atomic mass is 19.1. The zero-order valence-electron chi connectivity index (χ0n) is 14.4. The van der Waals surface area contributed by atoms with Gasteiger partial charge in [-0.3, -0.25) is 0 Å². The standard InChI is InChI=1S/C16H19FN4O4/c1-16(2,3)9-7-11(21-15(23)20(4)18-19-21)13(8-10(9)17)25-12-5-6-24-14(12)22/h7-8,12H,5-6H2,1-4H3. The minimum absolute atomic E-state index is 0.0388. The topological polar surface area (TPSA) is 88.2 Å². The van der Waals surface area contributed by atoms with Crippen molar-refractivity contribution >= 4 is 5.97 Å². The molecule has 0 amide bonds. The van der Waals surface area contributed by atoms with Crippen LogP contribution in [0.15, 0.2) is 16.9 Å². The molecule has 25 heavy (non-hydrogen) atoms. The van der Waals surface area contributed by atoms with Gasteiger partial charge < -0.3 is 9.47 Å². The van der Waals surface area contributed by atoms with Crippen LogP contribution in [0.25, 0.3) is 5.69 Å². The first-order valence-corrected chi connectivity index (χ1v) is 7.85. The van der Waals surface area contributed by atoms with Crippen molar-refractivity contribution in [2.24, 2.45) is 7.05 Å². The van der Waals surface area contributed by atoms with Gasteiger partial charge in [-0.2, -0.15) is 9.36 Å². The molecule has 134 valence electrons. The molecule has 9 heteroatoms. The number of rotatable bonds is 3. The minimum Gasteiger partial charge on any atom is -0.476 e. The fraction of sp³-hybridized carbons (Fsp3) is 0.500. The second-order valence-electron chi connectivity index (χ2n) is 6.91. The number of cyclic esters (lactones) is 1. The lowest BCUT2D eigenvalue weighted by molar-refractivity contribution is -0.143. The smallest absolute Gasteiger partial charge is 0.368 e. The molecule has 0 saturated carbocycles. The molecule has 1 aliphatic rings. The van der Waals surface area contributed by atoms with Gasteiger partial charge in [0.15, 0.2) is 6.10 Å². The average Bonchev–Trinajstić information content (AvgIpc) is 3.06. The molecule has 3 rings (SSSR count). The van der Waals surface area contributed by atoms with E-state index in [9.17, 15) is 14.0 Å². The van der Waals surface area contributed by atoms with Crippen molar-refractivity contribution in [3.63, 3.8) is 0 Å². The Balaban J connectivity index is 2.15. The van der Waals surface area contributed by atoms with Crippen molar-refractivity contribution in [3.05, 3.63) is 34.0 Å². The van der Waals surface area contributed by atoms with E-state index < -0.39 is 29.0 Å². The molecule has 0 spiro atoms. The minimum atomic E-state index is -0.842. The van der Waals surface area contributed by atoms with Crippen LogP contribution in [0, 0.1) is 5.82 Å². The van der Waals surface area contributed by atoms with Crippen LogP contribution in [0.3, 0.4) is 0 Å². The fourth-order valence-corrected chi connectivity index (χ4v) is 2.58. The highest BCUT2D eigenvalue weighted by molar-refractivity contribution is 5.77. The summed E-state index contributed by atoms with van der Waals surface area (Å²) in [4.78, 5) is 23.9. The van der Waals surface area contributed by atoms with E-state index in [1.54, 1.807) is 0 Å². The van der Waals surface area contributed by atoms with Gasteiger partial charge in [0.05, 0.1) is 6.61 Å². The first kappa shape index (κ1) is 17.1. The third-order valence-corrected chi connectivity index (χ3v) is 3.96. The van der Waals surface area contributed by atoms with Gasteiger partial charge in [-0.15, -0.1) is 0 Å². The number of esters is 1. The predicted octanol–water partition coefficient (Wildman–Crippen LogP) is 1.10. The Morgan fingerprint density at radius 1 is 1.28 bits per heavy atom. The summed E-state index contributed by atoms with van der Waals surface area (Å²) >= 11 is 0. The van der Waals surface area contributed by atoms with Gasteiger partial charge in [0.1, 0.15) is 17.3 Å². The van der Waals surface area contributed by atoms with Crippen LogP contribution in [0.4, 0.5) is 4.39 Å². The third kappa shape index (κ3) is 3.13. The number of hydrogen-bond donors (Lipinski definition) is 0. The van der Waals surface area contributed by atoms with Crippen LogP contribution in [0.1, 0.15) is 32.8 Å². The van der Waals surface area contributed by atoms with Gasteiger partial charge in [0, 0.05) is 19.5 Å². The fourth-order valence-electron chi connectivity index (χ4n) is 2.58. The number of benzene rings is 1.